The summed E-state index contributed by atoms with van der Waals surface area (Å²) >= 11 is 0. The lowest BCUT2D eigenvalue weighted by Gasteiger charge is -2.03. The molecule has 17 heavy (non-hydrogen) atoms. The summed E-state index contributed by atoms with van der Waals surface area (Å²) in [6, 6.07) is 12.8. The van der Waals surface area contributed by atoms with E-state index >= 15 is 0 Å². The molecule has 0 spiro atoms. The molecule has 0 atom stereocenters. The van der Waals surface area contributed by atoms with E-state index in [1.165, 1.54) is 32.0 Å². The Bertz CT molecular complexity index is 886. The van der Waals surface area contributed by atoms with Crippen LogP contribution in [0.3, 0.4) is 0 Å². The van der Waals surface area contributed by atoms with Gasteiger partial charge in [-0.3, -0.25) is 0 Å². The van der Waals surface area contributed by atoms with Gasteiger partial charge in [0.25, 0.3) is 0 Å². The van der Waals surface area contributed by atoms with Gasteiger partial charge in [-0.15, -0.1) is 0 Å². The van der Waals surface area contributed by atoms with Crippen LogP contribution in [0.2, 0.25) is 0 Å². The highest BCUT2D eigenvalue weighted by molar-refractivity contribution is 5.82. The number of hydrogen-bond donors (Lipinski definition) is 1. The van der Waals surface area contributed by atoms with Gasteiger partial charge in [-0.25, -0.2) is 0 Å². The molecule has 0 unspecified atom stereocenters. The molecule has 0 heterocycles. The summed E-state index contributed by atoms with van der Waals surface area (Å²) in [5.41, 5.74) is 9.40. The predicted molar refractivity (Wildman–Crippen MR) is 70.0 cm³/mol. The maximum absolute atomic E-state index is 6.06. The lowest BCUT2D eigenvalue weighted by molar-refractivity contribution is 1.42. The summed E-state index contributed by atoms with van der Waals surface area (Å²) in [6.45, 7) is 0. The molecular weight excluding hydrogens is 206 g/mol. The highest BCUT2D eigenvalue weighted by atomic mass is 14.6. The highest BCUT2D eigenvalue weighted by Gasteiger charge is 2.13. The van der Waals surface area contributed by atoms with Crippen molar-refractivity contribution in [1.29, 1.82) is 0 Å². The standard InChI is InChI=1S/C16H11N/c17-15-8-6-10-5-7-13-12-4-2-1-3-11(12)9-14(13)16(10)15/h1-9H,17H2. The van der Waals surface area contributed by atoms with Crippen molar-refractivity contribution < 1.29 is 0 Å². The van der Waals surface area contributed by atoms with Crippen LogP contribution in [0.15, 0.2) is 42.5 Å². The van der Waals surface area contributed by atoms with E-state index in [9.17, 15) is 0 Å². The Hall–Kier alpha value is -2.28. The van der Waals surface area contributed by atoms with Crippen LogP contribution in [0.1, 0.15) is 11.1 Å². The van der Waals surface area contributed by atoms with Crippen LogP contribution in [0.5, 0.6) is 0 Å². The molecule has 2 aliphatic carbocycles. The van der Waals surface area contributed by atoms with E-state index in [1.54, 1.807) is 0 Å². The third-order valence-electron chi connectivity index (χ3n) is 3.56. The van der Waals surface area contributed by atoms with Crippen molar-refractivity contribution in [2.45, 2.75) is 0 Å². The number of nitrogens with two attached hydrogens (primary N) is 1. The second-order valence-electron chi connectivity index (χ2n) is 4.51. The van der Waals surface area contributed by atoms with E-state index in [-0.39, 0.29) is 0 Å². The van der Waals surface area contributed by atoms with Crippen LogP contribution in [-0.4, -0.2) is 0 Å². The fourth-order valence-electron chi connectivity index (χ4n) is 2.77. The number of hydrogen-bond acceptors (Lipinski definition) is 1. The number of allylic oxidation sites excluding steroid dienone is 1. The Morgan fingerprint density at radius 3 is 2.59 bits per heavy atom. The first-order valence-corrected chi connectivity index (χ1v) is 5.76. The van der Waals surface area contributed by atoms with Gasteiger partial charge in [-0.1, -0.05) is 42.5 Å². The van der Waals surface area contributed by atoms with Crippen LogP contribution in [-0.2, 0) is 0 Å². The molecule has 2 aliphatic rings. The third kappa shape index (κ3) is 1.03. The Morgan fingerprint density at radius 1 is 0.765 bits per heavy atom. The van der Waals surface area contributed by atoms with Gasteiger partial charge in [0.1, 0.15) is 0 Å². The van der Waals surface area contributed by atoms with Gasteiger partial charge < -0.3 is 5.73 Å². The molecule has 0 saturated heterocycles. The maximum Gasteiger partial charge on any atom is 0.0400 e. The largest absolute Gasteiger partial charge is 0.398 e. The SMILES string of the molecule is NC1=CC=c2ccc3c(c21)C=c1ccccc1=3. The van der Waals surface area contributed by atoms with Crippen LogP contribution in [0, 0.1) is 10.4 Å². The summed E-state index contributed by atoms with van der Waals surface area (Å²) in [7, 11) is 0. The minimum absolute atomic E-state index is 0.876. The molecular formula is C16H11N. The third-order valence-corrected chi connectivity index (χ3v) is 3.56. The van der Waals surface area contributed by atoms with Crippen molar-refractivity contribution in [3.05, 3.63) is 74.5 Å². The van der Waals surface area contributed by atoms with E-state index in [1.807, 2.05) is 6.08 Å². The first kappa shape index (κ1) is 8.82. The average Bonchev–Trinajstić information content (AvgIpc) is 2.90. The van der Waals surface area contributed by atoms with Gasteiger partial charge in [-0.05, 0) is 38.6 Å². The van der Waals surface area contributed by atoms with Gasteiger partial charge in [0.2, 0.25) is 0 Å². The van der Waals surface area contributed by atoms with E-state index < -0.39 is 0 Å². The van der Waals surface area contributed by atoms with E-state index in [0.29, 0.717) is 0 Å². The molecule has 1 heteroatoms. The van der Waals surface area contributed by atoms with Crippen molar-refractivity contribution in [3.8, 4) is 0 Å². The van der Waals surface area contributed by atoms with Crippen molar-refractivity contribution >= 4 is 17.8 Å². The van der Waals surface area contributed by atoms with Gasteiger partial charge in [0.15, 0.2) is 0 Å². The molecule has 4 rings (SSSR count). The Balaban J connectivity index is 2.31. The quantitative estimate of drug-likeness (QED) is 0.602. The molecule has 0 aromatic heterocycles. The molecule has 2 N–H and O–H groups in total. The van der Waals surface area contributed by atoms with Crippen molar-refractivity contribution in [1.82, 2.24) is 0 Å². The molecule has 0 bridgehead atoms. The number of benzene rings is 2. The van der Waals surface area contributed by atoms with Gasteiger partial charge in [0.05, 0.1) is 0 Å². The first-order chi connectivity index (χ1) is 8.34. The van der Waals surface area contributed by atoms with Gasteiger partial charge in [-0.2, -0.15) is 0 Å². The number of fused-ring (bicyclic) bond motifs is 4. The van der Waals surface area contributed by atoms with Crippen LogP contribution in [0.25, 0.3) is 17.8 Å². The Labute approximate surface area is 98.5 Å². The lowest BCUT2D eigenvalue weighted by Crippen LogP contribution is -2.09. The average molecular weight is 217 g/mol. The summed E-state index contributed by atoms with van der Waals surface area (Å²) in [4.78, 5) is 0. The molecule has 2 aromatic rings. The van der Waals surface area contributed by atoms with E-state index in [2.05, 4.69) is 48.6 Å². The molecule has 80 valence electrons. The smallest absolute Gasteiger partial charge is 0.0400 e. The van der Waals surface area contributed by atoms with E-state index in [4.69, 9.17) is 5.73 Å². The van der Waals surface area contributed by atoms with Crippen molar-refractivity contribution in [3.63, 3.8) is 0 Å². The Morgan fingerprint density at radius 2 is 1.65 bits per heavy atom. The molecule has 0 aliphatic heterocycles. The summed E-state index contributed by atoms with van der Waals surface area (Å²) in [5, 5.41) is 5.12. The zero-order valence-electron chi connectivity index (χ0n) is 9.27. The summed E-state index contributed by atoms with van der Waals surface area (Å²) in [6.07, 6.45) is 6.31. The van der Waals surface area contributed by atoms with Crippen molar-refractivity contribution in [2.24, 2.45) is 5.73 Å². The molecule has 2 aromatic carbocycles. The fourth-order valence-corrected chi connectivity index (χ4v) is 2.77. The number of rotatable bonds is 0. The molecule has 0 saturated carbocycles. The molecule has 1 nitrogen and oxygen atoms in total. The Kier molecular flexibility index (Phi) is 1.50. The zero-order valence-corrected chi connectivity index (χ0v) is 9.27. The normalized spacial score (nSPS) is 14.2. The lowest BCUT2D eigenvalue weighted by atomic mass is 10.0. The first-order valence-electron chi connectivity index (χ1n) is 5.76. The van der Waals surface area contributed by atoms with Crippen LogP contribution < -0.4 is 16.2 Å². The molecule has 0 radical (unpaired) electrons. The minimum Gasteiger partial charge on any atom is -0.398 e. The topological polar surface area (TPSA) is 26.0 Å². The fraction of sp³-hybridized carbons (Fsp3) is 0. The van der Waals surface area contributed by atoms with Crippen LogP contribution >= 0.6 is 0 Å². The van der Waals surface area contributed by atoms with E-state index in [0.717, 1.165) is 5.70 Å². The second kappa shape index (κ2) is 2.89. The summed E-state index contributed by atoms with van der Waals surface area (Å²) in [5.74, 6) is 0. The van der Waals surface area contributed by atoms with Crippen LogP contribution in [0.4, 0.5) is 0 Å². The summed E-state index contributed by atoms with van der Waals surface area (Å²) < 4.78 is 0. The van der Waals surface area contributed by atoms with Gasteiger partial charge in [0, 0.05) is 11.3 Å². The molecule has 0 amide bonds. The minimum atomic E-state index is 0.876. The second-order valence-corrected chi connectivity index (χ2v) is 4.51. The predicted octanol–water partition coefficient (Wildman–Crippen LogP) is 1.21. The van der Waals surface area contributed by atoms with Crippen molar-refractivity contribution in [2.75, 3.05) is 0 Å². The maximum atomic E-state index is 6.06. The molecule has 0 fully saturated rings. The highest BCUT2D eigenvalue weighted by Crippen LogP contribution is 2.19. The van der Waals surface area contributed by atoms with Gasteiger partial charge >= 0.3 is 0 Å². The monoisotopic (exact) mass is 217 g/mol. The zero-order chi connectivity index (χ0) is 11.4.